The zero-order chi connectivity index (χ0) is 17.5. The third-order valence-electron chi connectivity index (χ3n) is 2.90. The van der Waals surface area contributed by atoms with Crippen LogP contribution in [0, 0.1) is 0 Å². The summed E-state index contributed by atoms with van der Waals surface area (Å²) in [6, 6.07) is 8.71. The zero-order valence-electron chi connectivity index (χ0n) is 12.8. The maximum absolute atomic E-state index is 11.9. The van der Waals surface area contributed by atoms with Crippen LogP contribution in [-0.2, 0) is 16.1 Å². The zero-order valence-corrected chi connectivity index (χ0v) is 13.6. The van der Waals surface area contributed by atoms with E-state index in [9.17, 15) is 14.4 Å². The van der Waals surface area contributed by atoms with Gasteiger partial charge in [0.1, 0.15) is 0 Å². The fourth-order valence-electron chi connectivity index (χ4n) is 1.72. The topological polar surface area (TPSA) is 123 Å². The number of nitrogens with one attached hydrogen (secondary N) is 2. The smallest absolute Gasteiger partial charge is 0.358 e. The number of thiazole rings is 1. The standard InChI is InChI=1S/C15H16N4O4S/c1-9(12(20)19-14(16)22)23-13(21)11-8-24-15(18-11)17-7-10-5-3-2-4-6-10/h2-6,8-9H,7H2,1H3,(H,17,18)(H3,16,19,20,22). The molecule has 1 aromatic carbocycles. The summed E-state index contributed by atoms with van der Waals surface area (Å²) in [7, 11) is 0. The Morgan fingerprint density at radius 1 is 1.29 bits per heavy atom. The van der Waals surface area contributed by atoms with Crippen LogP contribution in [0.3, 0.4) is 0 Å². The van der Waals surface area contributed by atoms with Gasteiger partial charge in [-0.3, -0.25) is 10.1 Å². The van der Waals surface area contributed by atoms with Crippen molar-refractivity contribution < 1.29 is 19.1 Å². The number of aromatic nitrogens is 1. The highest BCUT2D eigenvalue weighted by atomic mass is 32.1. The molecule has 4 N–H and O–H groups in total. The molecule has 0 saturated heterocycles. The Bertz CT molecular complexity index is 732. The number of hydrogen-bond donors (Lipinski definition) is 3. The molecule has 0 spiro atoms. The molecule has 1 heterocycles. The van der Waals surface area contributed by atoms with Gasteiger partial charge in [-0.15, -0.1) is 11.3 Å². The first-order valence-electron chi connectivity index (χ1n) is 7.00. The second kappa shape index (κ2) is 8.06. The van der Waals surface area contributed by atoms with E-state index in [2.05, 4.69) is 10.3 Å². The number of carbonyl (C=O) groups excluding carboxylic acids is 3. The lowest BCUT2D eigenvalue weighted by molar-refractivity contribution is -0.127. The third kappa shape index (κ3) is 5.06. The van der Waals surface area contributed by atoms with Crippen molar-refractivity contribution in [1.29, 1.82) is 0 Å². The fourth-order valence-corrected chi connectivity index (χ4v) is 2.40. The van der Waals surface area contributed by atoms with Crippen molar-refractivity contribution in [3.8, 4) is 0 Å². The normalized spacial score (nSPS) is 11.4. The molecule has 2 rings (SSSR count). The lowest BCUT2D eigenvalue weighted by atomic mass is 10.2. The number of carbonyl (C=O) groups is 3. The molecule has 0 fully saturated rings. The van der Waals surface area contributed by atoms with Crippen LogP contribution in [0.1, 0.15) is 23.0 Å². The molecule has 8 nitrogen and oxygen atoms in total. The van der Waals surface area contributed by atoms with Gasteiger partial charge in [0, 0.05) is 11.9 Å². The van der Waals surface area contributed by atoms with Crippen molar-refractivity contribution in [2.24, 2.45) is 5.73 Å². The Hall–Kier alpha value is -2.94. The van der Waals surface area contributed by atoms with Crippen LogP contribution in [0.25, 0.3) is 0 Å². The highest BCUT2D eigenvalue weighted by Gasteiger charge is 2.21. The number of anilines is 1. The maximum atomic E-state index is 11.9. The molecule has 0 aliphatic carbocycles. The summed E-state index contributed by atoms with van der Waals surface area (Å²) in [4.78, 5) is 38.1. The Morgan fingerprint density at radius 2 is 2.00 bits per heavy atom. The molecule has 0 aliphatic heterocycles. The molecule has 0 aliphatic rings. The van der Waals surface area contributed by atoms with E-state index in [1.165, 1.54) is 23.6 Å². The molecule has 0 bridgehead atoms. The van der Waals surface area contributed by atoms with E-state index in [-0.39, 0.29) is 5.69 Å². The Kier molecular flexibility index (Phi) is 5.85. The second-order valence-electron chi connectivity index (χ2n) is 4.78. The first kappa shape index (κ1) is 17.4. The number of nitrogens with two attached hydrogens (primary N) is 1. The van der Waals surface area contributed by atoms with Crippen LogP contribution in [0.2, 0.25) is 0 Å². The molecule has 2 aromatic rings. The van der Waals surface area contributed by atoms with Crippen LogP contribution in [0.5, 0.6) is 0 Å². The number of benzene rings is 1. The predicted octanol–water partition coefficient (Wildman–Crippen LogP) is 1.50. The fraction of sp³-hybridized carbons (Fsp3) is 0.200. The number of esters is 1. The minimum absolute atomic E-state index is 0.0780. The highest BCUT2D eigenvalue weighted by Crippen LogP contribution is 2.17. The summed E-state index contributed by atoms with van der Waals surface area (Å²) in [5.41, 5.74) is 5.98. The average Bonchev–Trinajstić information content (AvgIpc) is 3.02. The molecule has 0 saturated carbocycles. The van der Waals surface area contributed by atoms with E-state index < -0.39 is 24.0 Å². The summed E-state index contributed by atoms with van der Waals surface area (Å²) in [5.74, 6) is -1.56. The summed E-state index contributed by atoms with van der Waals surface area (Å²) < 4.78 is 4.93. The van der Waals surface area contributed by atoms with Crippen molar-refractivity contribution in [3.05, 3.63) is 47.0 Å². The average molecular weight is 348 g/mol. The van der Waals surface area contributed by atoms with E-state index in [4.69, 9.17) is 10.5 Å². The quantitative estimate of drug-likeness (QED) is 0.680. The number of nitrogens with zero attached hydrogens (tertiary/aromatic N) is 1. The van der Waals surface area contributed by atoms with Gasteiger partial charge in [-0.2, -0.15) is 0 Å². The predicted molar refractivity (Wildman–Crippen MR) is 88.5 cm³/mol. The van der Waals surface area contributed by atoms with Crippen molar-refractivity contribution in [3.63, 3.8) is 0 Å². The molecule has 24 heavy (non-hydrogen) atoms. The van der Waals surface area contributed by atoms with Gasteiger partial charge in [-0.1, -0.05) is 30.3 Å². The Labute approximate surface area is 142 Å². The van der Waals surface area contributed by atoms with Crippen LogP contribution >= 0.6 is 11.3 Å². The molecule has 1 aromatic heterocycles. The number of primary amides is 1. The van der Waals surface area contributed by atoms with Crippen LogP contribution in [-0.4, -0.2) is 29.0 Å². The van der Waals surface area contributed by atoms with Crippen LogP contribution < -0.4 is 16.4 Å². The Balaban J connectivity index is 1.88. The molecule has 9 heteroatoms. The number of rotatable bonds is 6. The second-order valence-corrected chi connectivity index (χ2v) is 5.64. The monoisotopic (exact) mass is 348 g/mol. The summed E-state index contributed by atoms with van der Waals surface area (Å²) in [5, 5.41) is 7.01. The molecular weight excluding hydrogens is 332 g/mol. The van der Waals surface area contributed by atoms with E-state index in [1.807, 2.05) is 35.6 Å². The van der Waals surface area contributed by atoms with Crippen molar-refractivity contribution in [1.82, 2.24) is 10.3 Å². The first-order valence-corrected chi connectivity index (χ1v) is 7.88. The first-order chi connectivity index (χ1) is 11.5. The third-order valence-corrected chi connectivity index (χ3v) is 3.70. The lowest BCUT2D eigenvalue weighted by Crippen LogP contribution is -2.42. The molecule has 1 atom stereocenters. The van der Waals surface area contributed by atoms with Gasteiger partial charge in [-0.05, 0) is 12.5 Å². The summed E-state index contributed by atoms with van der Waals surface area (Å²) in [6.45, 7) is 1.90. The minimum Gasteiger partial charge on any atom is -0.448 e. The van der Waals surface area contributed by atoms with Gasteiger partial charge in [0.2, 0.25) is 0 Å². The SMILES string of the molecule is CC(OC(=O)c1csc(NCc2ccccc2)n1)C(=O)NC(N)=O. The molecule has 1 unspecified atom stereocenters. The van der Waals surface area contributed by atoms with Gasteiger partial charge in [0.25, 0.3) is 5.91 Å². The van der Waals surface area contributed by atoms with Crippen LogP contribution in [0.4, 0.5) is 9.93 Å². The van der Waals surface area contributed by atoms with Gasteiger partial charge < -0.3 is 15.8 Å². The van der Waals surface area contributed by atoms with Gasteiger partial charge >= 0.3 is 12.0 Å². The van der Waals surface area contributed by atoms with Crippen molar-refractivity contribution >= 4 is 34.4 Å². The van der Waals surface area contributed by atoms with E-state index in [0.29, 0.717) is 11.7 Å². The van der Waals surface area contributed by atoms with E-state index >= 15 is 0 Å². The van der Waals surface area contributed by atoms with Crippen LogP contribution in [0.15, 0.2) is 35.7 Å². The van der Waals surface area contributed by atoms with Gasteiger partial charge in [0.15, 0.2) is 16.9 Å². The molecule has 126 valence electrons. The highest BCUT2D eigenvalue weighted by molar-refractivity contribution is 7.13. The lowest BCUT2D eigenvalue weighted by Gasteiger charge is -2.10. The largest absolute Gasteiger partial charge is 0.448 e. The number of ether oxygens (including phenoxy) is 1. The van der Waals surface area contributed by atoms with E-state index in [0.717, 1.165) is 5.56 Å². The number of imide groups is 1. The number of amides is 3. The van der Waals surface area contributed by atoms with Crippen molar-refractivity contribution in [2.45, 2.75) is 19.6 Å². The van der Waals surface area contributed by atoms with Gasteiger partial charge in [0.05, 0.1) is 0 Å². The summed E-state index contributed by atoms with van der Waals surface area (Å²) >= 11 is 1.25. The van der Waals surface area contributed by atoms with Gasteiger partial charge in [-0.25, -0.2) is 14.6 Å². The molecule has 3 amide bonds. The van der Waals surface area contributed by atoms with Crippen molar-refractivity contribution in [2.75, 3.05) is 5.32 Å². The number of urea groups is 1. The summed E-state index contributed by atoms with van der Waals surface area (Å²) in [6.07, 6.45) is -1.16. The molecule has 0 radical (unpaired) electrons. The maximum Gasteiger partial charge on any atom is 0.358 e. The molecular formula is C15H16N4O4S. The Morgan fingerprint density at radius 3 is 2.67 bits per heavy atom. The number of hydrogen-bond acceptors (Lipinski definition) is 7. The van der Waals surface area contributed by atoms with E-state index in [1.54, 1.807) is 0 Å². The minimum atomic E-state index is -1.16.